The van der Waals surface area contributed by atoms with Crippen LogP contribution in [-0.2, 0) is 0 Å². The second-order valence-corrected chi connectivity index (χ2v) is 4.55. The highest BCUT2D eigenvalue weighted by Crippen LogP contribution is 2.17. The van der Waals surface area contributed by atoms with Crippen molar-refractivity contribution in [2.45, 2.75) is 19.3 Å². The zero-order chi connectivity index (χ0) is 12.8. The van der Waals surface area contributed by atoms with Gasteiger partial charge in [-0.15, -0.1) is 0 Å². The monoisotopic (exact) mass is 240 g/mol. The van der Waals surface area contributed by atoms with Crippen LogP contribution in [0, 0.1) is 17.2 Å². The molecule has 0 aliphatic heterocycles. The highest BCUT2D eigenvalue weighted by atomic mass is 16.1. The first-order valence-corrected chi connectivity index (χ1v) is 6.23. The number of carbonyl (C=O) groups is 1. The lowest BCUT2D eigenvalue weighted by Gasteiger charge is -2.18. The predicted molar refractivity (Wildman–Crippen MR) is 70.0 cm³/mol. The van der Waals surface area contributed by atoms with Gasteiger partial charge < -0.3 is 5.32 Å². The largest absolute Gasteiger partial charge is 0.352 e. The van der Waals surface area contributed by atoms with Crippen LogP contribution in [-0.4, -0.2) is 12.5 Å². The molecule has 1 aliphatic carbocycles. The van der Waals surface area contributed by atoms with Crippen molar-refractivity contribution in [3.63, 3.8) is 0 Å². The van der Waals surface area contributed by atoms with Gasteiger partial charge in [0.2, 0.25) is 0 Å². The smallest absolute Gasteiger partial charge is 0.251 e. The summed E-state index contributed by atoms with van der Waals surface area (Å²) in [6.07, 6.45) is 7.68. The van der Waals surface area contributed by atoms with Gasteiger partial charge in [-0.25, -0.2) is 0 Å². The van der Waals surface area contributed by atoms with E-state index in [2.05, 4.69) is 17.5 Å². The average molecular weight is 240 g/mol. The molecule has 1 N–H and O–H groups in total. The molecule has 0 radical (unpaired) electrons. The summed E-state index contributed by atoms with van der Waals surface area (Å²) in [4.78, 5) is 11.9. The van der Waals surface area contributed by atoms with Gasteiger partial charge in [-0.05, 0) is 49.4 Å². The summed E-state index contributed by atoms with van der Waals surface area (Å²) in [6.45, 7) is 0.725. The maximum atomic E-state index is 11.9. The molecule has 0 spiro atoms. The van der Waals surface area contributed by atoms with Crippen LogP contribution in [0.15, 0.2) is 36.4 Å². The fraction of sp³-hybridized carbons (Fsp3) is 0.333. The highest BCUT2D eigenvalue weighted by molar-refractivity contribution is 5.94. The number of rotatable bonds is 3. The van der Waals surface area contributed by atoms with E-state index in [1.165, 1.54) is 0 Å². The summed E-state index contributed by atoms with van der Waals surface area (Å²) in [6, 6.07) is 8.75. The number of allylic oxidation sites excluding steroid dienone is 2. The lowest BCUT2D eigenvalue weighted by atomic mass is 9.94. The molecule has 1 amide bonds. The van der Waals surface area contributed by atoms with Gasteiger partial charge in [-0.3, -0.25) is 4.79 Å². The quantitative estimate of drug-likeness (QED) is 0.826. The molecule has 1 aliphatic rings. The van der Waals surface area contributed by atoms with E-state index in [1.807, 2.05) is 6.07 Å². The lowest BCUT2D eigenvalue weighted by Crippen LogP contribution is -2.29. The van der Waals surface area contributed by atoms with Crippen LogP contribution in [0.4, 0.5) is 0 Å². The SMILES string of the molecule is N#Cc1ccc(C(=O)NCC2CC=CCC2)cc1. The third kappa shape index (κ3) is 3.21. The van der Waals surface area contributed by atoms with Crippen molar-refractivity contribution in [2.75, 3.05) is 6.54 Å². The number of nitrogens with zero attached hydrogens (tertiary/aromatic N) is 1. The Bertz CT molecular complexity index is 482. The first-order chi connectivity index (χ1) is 8.79. The van der Waals surface area contributed by atoms with Crippen LogP contribution in [0.2, 0.25) is 0 Å². The molecule has 0 saturated heterocycles. The van der Waals surface area contributed by atoms with Gasteiger partial charge in [0, 0.05) is 12.1 Å². The number of hydrogen-bond acceptors (Lipinski definition) is 2. The number of amides is 1. The van der Waals surface area contributed by atoms with Crippen molar-refractivity contribution in [1.82, 2.24) is 5.32 Å². The van der Waals surface area contributed by atoms with Crippen molar-refractivity contribution >= 4 is 5.91 Å². The topological polar surface area (TPSA) is 52.9 Å². The summed E-state index contributed by atoms with van der Waals surface area (Å²) in [5, 5.41) is 11.6. The molecular formula is C15H16N2O. The van der Waals surface area contributed by atoms with E-state index in [-0.39, 0.29) is 5.91 Å². The lowest BCUT2D eigenvalue weighted by molar-refractivity contribution is 0.0946. The number of hydrogen-bond donors (Lipinski definition) is 1. The molecular weight excluding hydrogens is 224 g/mol. The summed E-state index contributed by atoms with van der Waals surface area (Å²) >= 11 is 0. The third-order valence-electron chi connectivity index (χ3n) is 3.21. The minimum Gasteiger partial charge on any atom is -0.352 e. The van der Waals surface area contributed by atoms with Gasteiger partial charge in [0.05, 0.1) is 11.6 Å². The van der Waals surface area contributed by atoms with E-state index in [0.29, 0.717) is 17.0 Å². The molecule has 3 heteroatoms. The molecule has 1 aromatic rings. The summed E-state index contributed by atoms with van der Waals surface area (Å²) in [5.41, 5.74) is 1.18. The van der Waals surface area contributed by atoms with E-state index in [0.717, 1.165) is 25.8 Å². The number of benzene rings is 1. The van der Waals surface area contributed by atoms with Crippen LogP contribution >= 0.6 is 0 Å². The zero-order valence-corrected chi connectivity index (χ0v) is 10.2. The Hall–Kier alpha value is -2.08. The Balaban J connectivity index is 1.87. The van der Waals surface area contributed by atoms with E-state index < -0.39 is 0 Å². The van der Waals surface area contributed by atoms with Crippen molar-refractivity contribution in [3.8, 4) is 6.07 Å². The minimum atomic E-state index is -0.0611. The van der Waals surface area contributed by atoms with Gasteiger partial charge in [0.15, 0.2) is 0 Å². The molecule has 3 nitrogen and oxygen atoms in total. The normalized spacial score (nSPS) is 18.1. The van der Waals surface area contributed by atoms with Gasteiger partial charge in [-0.2, -0.15) is 5.26 Å². The number of carbonyl (C=O) groups excluding carboxylic acids is 1. The third-order valence-corrected chi connectivity index (χ3v) is 3.21. The van der Waals surface area contributed by atoms with Gasteiger partial charge in [0.1, 0.15) is 0 Å². The summed E-state index contributed by atoms with van der Waals surface area (Å²) < 4.78 is 0. The molecule has 2 rings (SSSR count). The van der Waals surface area contributed by atoms with Crippen LogP contribution in [0.5, 0.6) is 0 Å². The molecule has 92 valence electrons. The first kappa shape index (κ1) is 12.4. The van der Waals surface area contributed by atoms with Crippen LogP contribution in [0.1, 0.15) is 35.2 Å². The Morgan fingerprint density at radius 1 is 1.33 bits per heavy atom. The highest BCUT2D eigenvalue weighted by Gasteiger charge is 2.12. The Labute approximate surface area is 107 Å². The second kappa shape index (κ2) is 6.02. The molecule has 0 bridgehead atoms. The predicted octanol–water partition coefficient (Wildman–Crippen LogP) is 2.64. The Kier molecular flexibility index (Phi) is 4.14. The van der Waals surface area contributed by atoms with E-state index in [1.54, 1.807) is 24.3 Å². The van der Waals surface area contributed by atoms with Crippen LogP contribution < -0.4 is 5.32 Å². The standard InChI is InChI=1S/C15H16N2O/c16-10-12-6-8-14(9-7-12)15(18)17-11-13-4-2-1-3-5-13/h1-2,6-9,13H,3-5,11H2,(H,17,18). The average Bonchev–Trinajstić information content (AvgIpc) is 2.46. The molecule has 0 heterocycles. The van der Waals surface area contributed by atoms with E-state index >= 15 is 0 Å². The Morgan fingerprint density at radius 3 is 2.72 bits per heavy atom. The van der Waals surface area contributed by atoms with Crippen molar-refractivity contribution in [1.29, 1.82) is 5.26 Å². The van der Waals surface area contributed by atoms with Gasteiger partial charge in [0.25, 0.3) is 5.91 Å². The maximum Gasteiger partial charge on any atom is 0.251 e. The molecule has 1 atom stereocenters. The molecule has 0 fully saturated rings. The number of nitrogens with one attached hydrogen (secondary N) is 1. The first-order valence-electron chi connectivity index (χ1n) is 6.23. The second-order valence-electron chi connectivity index (χ2n) is 4.55. The molecule has 1 unspecified atom stereocenters. The van der Waals surface area contributed by atoms with Crippen LogP contribution in [0.25, 0.3) is 0 Å². The van der Waals surface area contributed by atoms with E-state index in [4.69, 9.17) is 5.26 Å². The van der Waals surface area contributed by atoms with Crippen LogP contribution in [0.3, 0.4) is 0 Å². The molecule has 18 heavy (non-hydrogen) atoms. The molecule has 1 aromatic carbocycles. The Morgan fingerprint density at radius 2 is 2.11 bits per heavy atom. The summed E-state index contributed by atoms with van der Waals surface area (Å²) in [7, 11) is 0. The maximum absolute atomic E-state index is 11.9. The number of nitriles is 1. The van der Waals surface area contributed by atoms with Gasteiger partial charge >= 0.3 is 0 Å². The molecule has 0 aromatic heterocycles. The fourth-order valence-electron chi connectivity index (χ4n) is 2.08. The van der Waals surface area contributed by atoms with Gasteiger partial charge in [-0.1, -0.05) is 12.2 Å². The van der Waals surface area contributed by atoms with Crippen molar-refractivity contribution in [2.24, 2.45) is 5.92 Å². The summed E-state index contributed by atoms with van der Waals surface area (Å²) in [5.74, 6) is 0.492. The van der Waals surface area contributed by atoms with E-state index in [9.17, 15) is 4.79 Å². The minimum absolute atomic E-state index is 0.0611. The van der Waals surface area contributed by atoms with Crippen molar-refractivity contribution < 1.29 is 4.79 Å². The van der Waals surface area contributed by atoms with Crippen molar-refractivity contribution in [3.05, 3.63) is 47.5 Å². The fourth-order valence-corrected chi connectivity index (χ4v) is 2.08. The molecule has 0 saturated carbocycles. The zero-order valence-electron chi connectivity index (χ0n) is 10.2.